The van der Waals surface area contributed by atoms with Crippen molar-refractivity contribution >= 4 is 0 Å². The van der Waals surface area contributed by atoms with Crippen molar-refractivity contribution < 1.29 is 4.52 Å². The van der Waals surface area contributed by atoms with Gasteiger partial charge in [-0.25, -0.2) is 0 Å². The van der Waals surface area contributed by atoms with Gasteiger partial charge in [0.1, 0.15) is 0 Å². The molecule has 6 heteroatoms. The molecule has 1 fully saturated rings. The summed E-state index contributed by atoms with van der Waals surface area (Å²) in [7, 11) is 4.22. The molecule has 2 heterocycles. The third-order valence-electron chi connectivity index (χ3n) is 3.65. The van der Waals surface area contributed by atoms with Crippen molar-refractivity contribution in [2.24, 2.45) is 11.7 Å². The van der Waals surface area contributed by atoms with Crippen LogP contribution in [0.3, 0.4) is 0 Å². The fraction of sp³-hybridized carbons (Fsp3) is 0.846. The third-order valence-corrected chi connectivity index (χ3v) is 3.65. The van der Waals surface area contributed by atoms with Crippen molar-refractivity contribution in [1.29, 1.82) is 0 Å². The minimum Gasteiger partial charge on any atom is -0.338 e. The Bertz CT molecular complexity index is 405. The van der Waals surface area contributed by atoms with E-state index in [-0.39, 0.29) is 12.1 Å². The lowest BCUT2D eigenvalue weighted by Crippen LogP contribution is -2.45. The smallest absolute Gasteiger partial charge is 0.243 e. The lowest BCUT2D eigenvalue weighted by molar-refractivity contribution is 0.108. The molecule has 0 aliphatic carbocycles. The molecule has 2 N–H and O–H groups in total. The minimum atomic E-state index is -0.159. The van der Waals surface area contributed by atoms with Crippen LogP contribution in [0.5, 0.6) is 0 Å². The summed E-state index contributed by atoms with van der Waals surface area (Å²) in [6, 6.07) is 0.0374. The van der Waals surface area contributed by atoms with E-state index in [0.717, 1.165) is 31.9 Å². The molecule has 2 rings (SSSR count). The van der Waals surface area contributed by atoms with Crippen molar-refractivity contribution in [3.8, 4) is 0 Å². The van der Waals surface area contributed by atoms with Gasteiger partial charge in [-0.2, -0.15) is 4.98 Å². The molecular weight excluding hydrogens is 242 g/mol. The highest BCUT2D eigenvalue weighted by molar-refractivity contribution is 5.00. The van der Waals surface area contributed by atoms with Gasteiger partial charge >= 0.3 is 0 Å². The lowest BCUT2D eigenvalue weighted by Gasteiger charge is -2.35. The Labute approximate surface area is 114 Å². The van der Waals surface area contributed by atoms with Gasteiger partial charge in [0.05, 0.1) is 12.1 Å². The maximum absolute atomic E-state index is 6.08. The molecule has 1 saturated heterocycles. The standard InChI is InChI=1S/C13H25N5O/c1-9(2)7-10(14)13-15-12(16-19-13)11-8-17(3)5-6-18(11)4/h9-11H,5-8,14H2,1-4H3/t10-,11?/m0/s1. The Morgan fingerprint density at radius 2 is 2.11 bits per heavy atom. The van der Waals surface area contributed by atoms with Crippen molar-refractivity contribution in [3.05, 3.63) is 11.7 Å². The van der Waals surface area contributed by atoms with Crippen LogP contribution in [0.2, 0.25) is 0 Å². The second-order valence-electron chi connectivity index (χ2n) is 5.99. The van der Waals surface area contributed by atoms with Crippen molar-refractivity contribution in [1.82, 2.24) is 19.9 Å². The summed E-state index contributed by atoms with van der Waals surface area (Å²) in [5.41, 5.74) is 6.08. The molecule has 1 aliphatic heterocycles. The number of nitrogens with zero attached hydrogens (tertiary/aromatic N) is 4. The van der Waals surface area contributed by atoms with Gasteiger partial charge in [-0.3, -0.25) is 4.90 Å². The predicted octanol–water partition coefficient (Wildman–Crippen LogP) is 1.03. The molecule has 0 amide bonds. The van der Waals surface area contributed by atoms with E-state index in [4.69, 9.17) is 10.3 Å². The van der Waals surface area contributed by atoms with E-state index < -0.39 is 0 Å². The first-order valence-electron chi connectivity index (χ1n) is 6.95. The molecular formula is C13H25N5O. The van der Waals surface area contributed by atoms with Crippen LogP contribution < -0.4 is 5.73 Å². The van der Waals surface area contributed by atoms with Crippen LogP contribution in [0.25, 0.3) is 0 Å². The molecule has 1 aliphatic rings. The van der Waals surface area contributed by atoms with Crippen LogP contribution in [0.1, 0.15) is 44.1 Å². The van der Waals surface area contributed by atoms with Gasteiger partial charge < -0.3 is 15.2 Å². The van der Waals surface area contributed by atoms with Gasteiger partial charge in [-0.15, -0.1) is 0 Å². The Balaban J connectivity index is 2.07. The first kappa shape index (κ1) is 14.4. The third kappa shape index (κ3) is 3.52. The fourth-order valence-electron chi connectivity index (χ4n) is 2.43. The zero-order valence-electron chi connectivity index (χ0n) is 12.3. The average Bonchev–Trinajstić information content (AvgIpc) is 2.80. The van der Waals surface area contributed by atoms with Crippen LogP contribution >= 0.6 is 0 Å². The van der Waals surface area contributed by atoms with Crippen LogP contribution in [0.15, 0.2) is 4.52 Å². The van der Waals surface area contributed by atoms with E-state index in [1.165, 1.54) is 0 Å². The molecule has 0 saturated carbocycles. The highest BCUT2D eigenvalue weighted by atomic mass is 16.5. The maximum Gasteiger partial charge on any atom is 0.243 e. The van der Waals surface area contributed by atoms with Gasteiger partial charge in [0.2, 0.25) is 5.89 Å². The summed E-state index contributed by atoms with van der Waals surface area (Å²) in [6.07, 6.45) is 0.863. The summed E-state index contributed by atoms with van der Waals surface area (Å²) >= 11 is 0. The second kappa shape index (κ2) is 5.98. The topological polar surface area (TPSA) is 71.4 Å². The number of hydrogen-bond acceptors (Lipinski definition) is 6. The second-order valence-corrected chi connectivity index (χ2v) is 5.99. The van der Waals surface area contributed by atoms with Crippen LogP contribution in [-0.4, -0.2) is 53.7 Å². The number of nitrogens with two attached hydrogens (primary N) is 1. The van der Waals surface area contributed by atoms with E-state index in [1.807, 2.05) is 0 Å². The summed E-state index contributed by atoms with van der Waals surface area (Å²) in [4.78, 5) is 9.05. The Kier molecular flexibility index (Phi) is 4.54. The van der Waals surface area contributed by atoms with Gasteiger partial charge in [0.15, 0.2) is 5.82 Å². The zero-order valence-corrected chi connectivity index (χ0v) is 12.3. The molecule has 19 heavy (non-hydrogen) atoms. The first-order valence-corrected chi connectivity index (χ1v) is 6.95. The van der Waals surface area contributed by atoms with E-state index in [9.17, 15) is 0 Å². The normalized spacial score (nSPS) is 24.0. The van der Waals surface area contributed by atoms with E-state index in [2.05, 4.69) is 47.9 Å². The molecule has 1 aromatic heterocycles. The zero-order chi connectivity index (χ0) is 14.0. The SMILES string of the molecule is CC(C)C[C@H](N)c1nc(C2CN(C)CCN2C)no1. The van der Waals surface area contributed by atoms with Crippen LogP contribution in [-0.2, 0) is 0 Å². The Morgan fingerprint density at radius 3 is 2.79 bits per heavy atom. The van der Waals surface area contributed by atoms with Gasteiger partial charge in [-0.1, -0.05) is 19.0 Å². The summed E-state index contributed by atoms with van der Waals surface area (Å²) in [5.74, 6) is 1.84. The molecule has 1 unspecified atom stereocenters. The van der Waals surface area contributed by atoms with E-state index in [0.29, 0.717) is 11.8 Å². The Morgan fingerprint density at radius 1 is 1.37 bits per heavy atom. The number of rotatable bonds is 4. The molecule has 6 nitrogen and oxygen atoms in total. The van der Waals surface area contributed by atoms with Crippen molar-refractivity contribution in [2.75, 3.05) is 33.7 Å². The highest BCUT2D eigenvalue weighted by Gasteiger charge is 2.28. The molecule has 0 aromatic carbocycles. The summed E-state index contributed by atoms with van der Waals surface area (Å²) < 4.78 is 5.33. The largest absolute Gasteiger partial charge is 0.338 e. The lowest BCUT2D eigenvalue weighted by atomic mass is 10.0. The highest BCUT2D eigenvalue weighted by Crippen LogP contribution is 2.23. The van der Waals surface area contributed by atoms with Crippen molar-refractivity contribution in [3.63, 3.8) is 0 Å². The number of hydrogen-bond donors (Lipinski definition) is 1. The molecule has 0 spiro atoms. The molecule has 0 radical (unpaired) electrons. The monoisotopic (exact) mass is 267 g/mol. The number of aromatic nitrogens is 2. The maximum atomic E-state index is 6.08. The summed E-state index contributed by atoms with van der Waals surface area (Å²) in [5, 5.41) is 4.12. The molecule has 108 valence electrons. The van der Waals surface area contributed by atoms with Gasteiger partial charge in [-0.05, 0) is 26.4 Å². The molecule has 0 bridgehead atoms. The number of piperazine rings is 1. The Hall–Kier alpha value is -0.980. The van der Waals surface area contributed by atoms with Crippen LogP contribution in [0.4, 0.5) is 0 Å². The minimum absolute atomic E-state index is 0.159. The quantitative estimate of drug-likeness (QED) is 0.878. The molecule has 2 atom stereocenters. The number of likely N-dealkylation sites (N-methyl/N-ethyl adjacent to an activating group) is 2. The van der Waals surface area contributed by atoms with Gasteiger partial charge in [0, 0.05) is 19.6 Å². The predicted molar refractivity (Wildman–Crippen MR) is 73.5 cm³/mol. The average molecular weight is 267 g/mol. The first-order chi connectivity index (χ1) is 8.97. The van der Waals surface area contributed by atoms with E-state index >= 15 is 0 Å². The summed E-state index contributed by atoms with van der Waals surface area (Å²) in [6.45, 7) is 7.30. The van der Waals surface area contributed by atoms with Gasteiger partial charge in [0.25, 0.3) is 0 Å². The van der Waals surface area contributed by atoms with E-state index in [1.54, 1.807) is 0 Å². The van der Waals surface area contributed by atoms with Crippen molar-refractivity contribution in [2.45, 2.75) is 32.4 Å². The fourth-order valence-corrected chi connectivity index (χ4v) is 2.43. The van der Waals surface area contributed by atoms with Crippen LogP contribution in [0, 0.1) is 5.92 Å². The molecule has 1 aromatic rings.